The molecular weight excluding hydrogens is 554 g/mol. The minimum atomic E-state index is -4.55. The van der Waals surface area contributed by atoms with Gasteiger partial charge in [0.2, 0.25) is 0 Å². The van der Waals surface area contributed by atoms with Gasteiger partial charge in [-0.2, -0.15) is 31.3 Å². The zero-order valence-electron chi connectivity index (χ0n) is 21.7. The van der Waals surface area contributed by atoms with E-state index in [0.29, 0.717) is 36.5 Å². The Morgan fingerprint density at radius 3 is 2.24 bits per heavy atom. The molecule has 4 aromatic rings. The number of alkyl halides is 6. The minimum Gasteiger partial charge on any atom is -0.352 e. The van der Waals surface area contributed by atoms with E-state index in [1.807, 2.05) is 11.8 Å². The van der Waals surface area contributed by atoms with Crippen molar-refractivity contribution < 1.29 is 35.7 Å². The number of hydrogen-bond acceptors (Lipinski definition) is 6. The van der Waals surface area contributed by atoms with E-state index in [1.165, 1.54) is 29.2 Å². The molecule has 1 aliphatic rings. The smallest absolute Gasteiger partial charge is 0.352 e. The Hall–Kier alpha value is -4.36. The Kier molecular flexibility index (Phi) is 7.49. The Morgan fingerprint density at radius 1 is 0.927 bits per heavy atom. The zero-order chi connectivity index (χ0) is 29.4. The van der Waals surface area contributed by atoms with Gasteiger partial charge in [0.1, 0.15) is 22.7 Å². The van der Waals surface area contributed by atoms with Gasteiger partial charge in [0.15, 0.2) is 0 Å². The van der Waals surface area contributed by atoms with Crippen LogP contribution in [-0.2, 0) is 18.8 Å². The summed E-state index contributed by atoms with van der Waals surface area (Å²) in [5.74, 6) is 0.900. The molecule has 0 atom stereocenters. The molecule has 3 heterocycles. The number of benzene rings is 2. The molecule has 0 radical (unpaired) electrons. The summed E-state index contributed by atoms with van der Waals surface area (Å²) in [7, 11) is 0. The van der Waals surface area contributed by atoms with Gasteiger partial charge in [-0.05, 0) is 36.8 Å². The lowest BCUT2D eigenvalue weighted by atomic mass is 10.1. The highest BCUT2D eigenvalue weighted by Gasteiger charge is 2.33. The van der Waals surface area contributed by atoms with Crippen molar-refractivity contribution >= 4 is 28.6 Å². The molecule has 0 unspecified atom stereocenters. The van der Waals surface area contributed by atoms with Crippen LogP contribution in [0.2, 0.25) is 0 Å². The van der Waals surface area contributed by atoms with Crippen molar-refractivity contribution in [1.29, 1.82) is 0 Å². The monoisotopic (exact) mass is 578 g/mol. The maximum absolute atomic E-state index is 13.4. The van der Waals surface area contributed by atoms with E-state index in [4.69, 9.17) is 4.52 Å². The molecule has 2 aromatic heterocycles. The highest BCUT2D eigenvalue weighted by Crippen LogP contribution is 2.37. The number of nitrogens with zero attached hydrogens (tertiary/aromatic N) is 5. The van der Waals surface area contributed by atoms with Crippen molar-refractivity contribution in [1.82, 2.24) is 20.0 Å². The largest absolute Gasteiger partial charge is 0.416 e. The van der Waals surface area contributed by atoms with Crippen LogP contribution in [-0.4, -0.2) is 52.2 Å². The molecule has 0 bridgehead atoms. The third kappa shape index (κ3) is 6.05. The van der Waals surface area contributed by atoms with Gasteiger partial charge in [-0.3, -0.25) is 0 Å². The number of amides is 2. The highest BCUT2D eigenvalue weighted by atomic mass is 19.4. The summed E-state index contributed by atoms with van der Waals surface area (Å²) in [6.45, 7) is 2.96. The van der Waals surface area contributed by atoms with E-state index in [0.717, 1.165) is 30.7 Å². The summed E-state index contributed by atoms with van der Waals surface area (Å²) in [5, 5.41) is 6.89. The number of carbonyl (C=O) groups is 1. The number of aryl methyl sites for hydroxylation is 1. The fourth-order valence-electron chi connectivity index (χ4n) is 4.58. The van der Waals surface area contributed by atoms with Crippen molar-refractivity contribution in [2.24, 2.45) is 0 Å². The normalized spacial score (nSPS) is 14.5. The van der Waals surface area contributed by atoms with Gasteiger partial charge >= 0.3 is 18.4 Å². The molecule has 1 saturated heterocycles. The van der Waals surface area contributed by atoms with Gasteiger partial charge in [-0.15, -0.1) is 0 Å². The first-order valence-corrected chi connectivity index (χ1v) is 12.8. The number of hydrogen-bond donors (Lipinski definition) is 1. The number of urea groups is 1. The van der Waals surface area contributed by atoms with Crippen LogP contribution < -0.4 is 10.2 Å². The Morgan fingerprint density at radius 2 is 1.59 bits per heavy atom. The van der Waals surface area contributed by atoms with Gasteiger partial charge < -0.3 is 19.6 Å². The molecule has 5 rings (SSSR count). The minimum absolute atomic E-state index is 0.0178. The number of halogens is 6. The molecule has 2 amide bonds. The second-order valence-corrected chi connectivity index (χ2v) is 9.49. The van der Waals surface area contributed by atoms with Crippen molar-refractivity contribution in [3.63, 3.8) is 0 Å². The molecule has 0 saturated carbocycles. The second-order valence-electron chi connectivity index (χ2n) is 9.49. The third-order valence-electron chi connectivity index (χ3n) is 6.61. The number of carbonyl (C=O) groups excluding carboxylic acids is 1. The van der Waals surface area contributed by atoms with E-state index >= 15 is 0 Å². The first-order valence-electron chi connectivity index (χ1n) is 12.8. The summed E-state index contributed by atoms with van der Waals surface area (Å²) in [6.07, 6.45) is -7.82. The topological polar surface area (TPSA) is 87.4 Å². The summed E-state index contributed by atoms with van der Waals surface area (Å²) in [5.41, 5.74) is -1.21. The average Bonchev–Trinajstić information content (AvgIpc) is 3.36. The number of anilines is 2. The predicted octanol–water partition coefficient (Wildman–Crippen LogP) is 6.63. The molecule has 1 N–H and O–H groups in total. The quantitative estimate of drug-likeness (QED) is 0.268. The van der Waals surface area contributed by atoms with Gasteiger partial charge in [0.25, 0.3) is 5.71 Å². The number of rotatable bonds is 5. The highest BCUT2D eigenvalue weighted by molar-refractivity contribution is 5.98. The molecule has 1 aliphatic heterocycles. The zero-order valence-corrected chi connectivity index (χ0v) is 21.7. The molecule has 0 spiro atoms. The van der Waals surface area contributed by atoms with Gasteiger partial charge in [0, 0.05) is 43.9 Å². The van der Waals surface area contributed by atoms with E-state index in [9.17, 15) is 31.1 Å². The molecule has 216 valence electrons. The summed E-state index contributed by atoms with van der Waals surface area (Å²) >= 11 is 0. The molecular formula is C27H24F6N6O2. The van der Waals surface area contributed by atoms with Gasteiger partial charge in [-0.1, -0.05) is 30.3 Å². The molecule has 0 aliphatic carbocycles. The second kappa shape index (κ2) is 10.9. The van der Waals surface area contributed by atoms with Crippen LogP contribution in [0, 0.1) is 0 Å². The van der Waals surface area contributed by atoms with Crippen molar-refractivity contribution in [3.05, 3.63) is 65.5 Å². The molecule has 2 aromatic carbocycles. The van der Waals surface area contributed by atoms with Crippen LogP contribution >= 0.6 is 0 Å². The van der Waals surface area contributed by atoms with E-state index in [-0.39, 0.29) is 35.7 Å². The predicted molar refractivity (Wildman–Crippen MR) is 138 cm³/mol. The average molecular weight is 579 g/mol. The van der Waals surface area contributed by atoms with Gasteiger partial charge in [0.05, 0.1) is 11.1 Å². The van der Waals surface area contributed by atoms with Crippen molar-refractivity contribution in [2.75, 3.05) is 36.4 Å². The Balaban J connectivity index is 1.40. The number of nitrogens with one attached hydrogen (secondary N) is 1. The summed E-state index contributed by atoms with van der Waals surface area (Å²) in [6, 6.07) is 8.54. The van der Waals surface area contributed by atoms with Crippen LogP contribution in [0.4, 0.5) is 42.6 Å². The summed E-state index contributed by atoms with van der Waals surface area (Å²) < 4.78 is 84.7. The fourth-order valence-corrected chi connectivity index (χ4v) is 4.58. The van der Waals surface area contributed by atoms with E-state index in [1.54, 1.807) is 0 Å². The summed E-state index contributed by atoms with van der Waals surface area (Å²) in [4.78, 5) is 25.2. The van der Waals surface area contributed by atoms with E-state index in [2.05, 4.69) is 20.4 Å². The Labute approximate surface area is 229 Å². The molecule has 8 nitrogen and oxygen atoms in total. The Bertz CT molecular complexity index is 1560. The molecule has 14 heteroatoms. The van der Waals surface area contributed by atoms with Gasteiger partial charge in [-0.25, -0.2) is 9.78 Å². The molecule has 41 heavy (non-hydrogen) atoms. The van der Waals surface area contributed by atoms with Crippen LogP contribution in [0.5, 0.6) is 0 Å². The third-order valence-corrected chi connectivity index (χ3v) is 6.61. The van der Waals surface area contributed by atoms with Crippen LogP contribution in [0.25, 0.3) is 22.4 Å². The lowest BCUT2D eigenvalue weighted by Gasteiger charge is -2.35. The molecule has 1 fully saturated rings. The van der Waals surface area contributed by atoms with E-state index < -0.39 is 29.5 Å². The van der Waals surface area contributed by atoms with Crippen molar-refractivity contribution in [2.45, 2.75) is 32.1 Å². The lowest BCUT2D eigenvalue weighted by molar-refractivity contribution is -0.138. The van der Waals surface area contributed by atoms with Crippen LogP contribution in [0.3, 0.4) is 0 Å². The first kappa shape index (κ1) is 28.2. The first-order chi connectivity index (χ1) is 19.4. The SMILES string of the molecule is CCCc1nc(N2CCN(C(=O)Nc3cccc(C(F)(F)F)c3)CC2)c2c(-c3cccc(C(F)(F)F)c3)noc2n1. The maximum Gasteiger partial charge on any atom is 0.416 e. The van der Waals surface area contributed by atoms with Crippen LogP contribution in [0.1, 0.15) is 30.3 Å². The lowest BCUT2D eigenvalue weighted by Crippen LogP contribution is -2.50. The number of aromatic nitrogens is 3. The number of piperazine rings is 1. The van der Waals surface area contributed by atoms with Crippen molar-refractivity contribution in [3.8, 4) is 11.3 Å². The maximum atomic E-state index is 13.4. The number of fused-ring (bicyclic) bond motifs is 1. The standard InChI is InChI=1S/C27H24F6N6O2/c1-2-5-20-35-23(21-22(37-41-24(21)36-20)16-6-3-7-17(14-16)26(28,29)30)38-10-12-39(13-11-38)25(40)34-19-9-4-8-18(15-19)27(31,32)33/h3-4,6-9,14-15H,2,5,10-13H2,1H3,(H,34,40). The van der Waals surface area contributed by atoms with Crippen LogP contribution in [0.15, 0.2) is 53.1 Å². The fraction of sp³-hybridized carbons (Fsp3) is 0.333.